The molecular formula is C15H18ClFN2OS. The first-order valence-electron chi connectivity index (χ1n) is 6.71. The van der Waals surface area contributed by atoms with Crippen molar-refractivity contribution >= 4 is 23.7 Å². The third-order valence-corrected chi connectivity index (χ3v) is 4.36. The van der Waals surface area contributed by atoms with Crippen molar-refractivity contribution in [2.75, 3.05) is 26.2 Å². The summed E-state index contributed by atoms with van der Waals surface area (Å²) in [5.74, 6) is -0.158. The first-order valence-corrected chi connectivity index (χ1v) is 7.65. The fourth-order valence-electron chi connectivity index (χ4n) is 2.70. The van der Waals surface area contributed by atoms with Crippen LogP contribution in [0.25, 0.3) is 0 Å². The van der Waals surface area contributed by atoms with Crippen LogP contribution in [0.1, 0.15) is 17.2 Å². The molecule has 0 radical (unpaired) electrons. The molecule has 3 rings (SSSR count). The second kappa shape index (κ2) is 7.22. The van der Waals surface area contributed by atoms with E-state index >= 15 is 0 Å². The molecule has 1 fully saturated rings. The highest BCUT2D eigenvalue weighted by atomic mass is 35.5. The summed E-state index contributed by atoms with van der Waals surface area (Å²) in [5, 5.41) is 17.5. The highest BCUT2D eigenvalue weighted by Crippen LogP contribution is 2.35. The average molecular weight is 329 g/mol. The highest BCUT2D eigenvalue weighted by Gasteiger charge is 2.26. The monoisotopic (exact) mass is 328 g/mol. The van der Waals surface area contributed by atoms with Crippen LogP contribution in [0.4, 0.5) is 4.39 Å². The maximum Gasteiger partial charge on any atom is 0.123 e. The number of nitrogens with zero attached hydrogens (tertiary/aromatic N) is 1. The predicted octanol–water partition coefficient (Wildman–Crippen LogP) is 3.01. The van der Waals surface area contributed by atoms with Crippen LogP contribution in [0.5, 0.6) is 5.75 Å². The molecule has 1 aliphatic heterocycles. The number of phenolic OH excluding ortho intramolecular Hbond substituents is 1. The number of hydrogen-bond acceptors (Lipinski definition) is 4. The van der Waals surface area contributed by atoms with Crippen LogP contribution in [0.2, 0.25) is 0 Å². The Bertz CT molecular complexity index is 573. The van der Waals surface area contributed by atoms with Crippen molar-refractivity contribution in [1.29, 1.82) is 0 Å². The first-order chi connectivity index (χ1) is 9.75. The highest BCUT2D eigenvalue weighted by molar-refractivity contribution is 7.08. The molecule has 1 aromatic heterocycles. The molecule has 21 heavy (non-hydrogen) atoms. The Balaban J connectivity index is 0.00000161. The molecule has 0 saturated carbocycles. The number of rotatable bonds is 3. The molecule has 2 N–H and O–H groups in total. The van der Waals surface area contributed by atoms with Crippen molar-refractivity contribution in [3.8, 4) is 5.75 Å². The molecule has 1 aliphatic rings. The summed E-state index contributed by atoms with van der Waals surface area (Å²) in [4.78, 5) is 2.28. The Morgan fingerprint density at radius 1 is 1.24 bits per heavy atom. The smallest absolute Gasteiger partial charge is 0.123 e. The molecule has 0 aliphatic carbocycles. The lowest BCUT2D eigenvalue weighted by Gasteiger charge is -2.35. The van der Waals surface area contributed by atoms with Gasteiger partial charge in [0.05, 0.1) is 6.04 Å². The fourth-order valence-corrected chi connectivity index (χ4v) is 3.38. The summed E-state index contributed by atoms with van der Waals surface area (Å²) in [6, 6.07) is 6.13. The number of nitrogens with one attached hydrogen (secondary N) is 1. The van der Waals surface area contributed by atoms with Crippen LogP contribution >= 0.6 is 23.7 Å². The van der Waals surface area contributed by atoms with Crippen molar-refractivity contribution in [3.63, 3.8) is 0 Å². The van der Waals surface area contributed by atoms with E-state index in [0.29, 0.717) is 5.56 Å². The molecule has 2 heterocycles. The minimum atomic E-state index is -0.312. The van der Waals surface area contributed by atoms with Crippen molar-refractivity contribution < 1.29 is 9.50 Å². The number of halogens is 2. The van der Waals surface area contributed by atoms with E-state index in [9.17, 15) is 9.50 Å². The minimum absolute atomic E-state index is 0. The van der Waals surface area contributed by atoms with Gasteiger partial charge < -0.3 is 10.4 Å². The molecule has 6 heteroatoms. The molecule has 3 nitrogen and oxygen atoms in total. The lowest BCUT2D eigenvalue weighted by Crippen LogP contribution is -2.45. The van der Waals surface area contributed by atoms with E-state index in [2.05, 4.69) is 15.6 Å². The zero-order valence-electron chi connectivity index (χ0n) is 11.5. The Labute approximate surface area is 133 Å². The van der Waals surface area contributed by atoms with Crippen LogP contribution in [-0.2, 0) is 0 Å². The zero-order valence-corrected chi connectivity index (χ0v) is 13.1. The van der Waals surface area contributed by atoms with Crippen LogP contribution < -0.4 is 5.32 Å². The Kier molecular flexibility index (Phi) is 5.58. The quantitative estimate of drug-likeness (QED) is 0.909. The van der Waals surface area contributed by atoms with Gasteiger partial charge in [0, 0.05) is 31.7 Å². The van der Waals surface area contributed by atoms with Gasteiger partial charge in [0.2, 0.25) is 0 Å². The SMILES string of the molecule is Cl.Oc1ccc(F)cc1[C@H](c1ccsc1)N1CCNCC1. The van der Waals surface area contributed by atoms with Gasteiger partial charge in [-0.2, -0.15) is 11.3 Å². The van der Waals surface area contributed by atoms with Gasteiger partial charge in [0.15, 0.2) is 0 Å². The number of aromatic hydroxyl groups is 1. The van der Waals surface area contributed by atoms with Crippen LogP contribution in [0.15, 0.2) is 35.0 Å². The number of piperazine rings is 1. The molecule has 0 spiro atoms. The van der Waals surface area contributed by atoms with Gasteiger partial charge in [-0.05, 0) is 40.6 Å². The molecule has 0 amide bonds. The van der Waals surface area contributed by atoms with Gasteiger partial charge in [-0.25, -0.2) is 4.39 Å². The zero-order chi connectivity index (χ0) is 13.9. The van der Waals surface area contributed by atoms with Gasteiger partial charge in [-0.1, -0.05) is 0 Å². The summed E-state index contributed by atoms with van der Waals surface area (Å²) in [6.07, 6.45) is 0. The summed E-state index contributed by atoms with van der Waals surface area (Å²) in [7, 11) is 0. The lowest BCUT2D eigenvalue weighted by atomic mass is 9.97. The maximum atomic E-state index is 13.6. The van der Waals surface area contributed by atoms with E-state index in [1.165, 1.54) is 18.2 Å². The number of phenols is 1. The van der Waals surface area contributed by atoms with Gasteiger partial charge in [0.25, 0.3) is 0 Å². The van der Waals surface area contributed by atoms with Crippen LogP contribution in [-0.4, -0.2) is 36.2 Å². The Morgan fingerprint density at radius 3 is 2.67 bits per heavy atom. The van der Waals surface area contributed by atoms with Gasteiger partial charge >= 0.3 is 0 Å². The second-order valence-electron chi connectivity index (χ2n) is 4.95. The fraction of sp³-hybridized carbons (Fsp3) is 0.333. The molecular weight excluding hydrogens is 311 g/mol. The maximum absolute atomic E-state index is 13.6. The third-order valence-electron chi connectivity index (χ3n) is 3.66. The molecule has 0 unspecified atom stereocenters. The topological polar surface area (TPSA) is 35.5 Å². The van der Waals surface area contributed by atoms with Crippen molar-refractivity contribution in [2.24, 2.45) is 0 Å². The van der Waals surface area contributed by atoms with E-state index in [0.717, 1.165) is 31.7 Å². The average Bonchev–Trinajstić information content (AvgIpc) is 2.98. The second-order valence-corrected chi connectivity index (χ2v) is 5.73. The largest absolute Gasteiger partial charge is 0.508 e. The van der Waals surface area contributed by atoms with Gasteiger partial charge in [0.1, 0.15) is 11.6 Å². The van der Waals surface area contributed by atoms with E-state index in [1.807, 2.05) is 11.4 Å². The molecule has 1 saturated heterocycles. The lowest BCUT2D eigenvalue weighted by molar-refractivity contribution is 0.196. The van der Waals surface area contributed by atoms with Crippen LogP contribution in [0.3, 0.4) is 0 Å². The van der Waals surface area contributed by atoms with E-state index in [1.54, 1.807) is 11.3 Å². The molecule has 2 aromatic rings. The third kappa shape index (κ3) is 3.55. The van der Waals surface area contributed by atoms with Crippen LogP contribution in [0, 0.1) is 5.82 Å². The Morgan fingerprint density at radius 2 is 2.00 bits per heavy atom. The first kappa shape index (κ1) is 16.2. The van der Waals surface area contributed by atoms with E-state index in [4.69, 9.17) is 0 Å². The summed E-state index contributed by atoms with van der Waals surface area (Å²) < 4.78 is 13.6. The van der Waals surface area contributed by atoms with Crippen molar-refractivity contribution in [2.45, 2.75) is 6.04 Å². The van der Waals surface area contributed by atoms with E-state index < -0.39 is 0 Å². The van der Waals surface area contributed by atoms with E-state index in [-0.39, 0.29) is 30.0 Å². The van der Waals surface area contributed by atoms with Crippen molar-refractivity contribution in [1.82, 2.24) is 10.2 Å². The number of hydrogen-bond donors (Lipinski definition) is 2. The molecule has 114 valence electrons. The summed E-state index contributed by atoms with van der Waals surface area (Å²) >= 11 is 1.62. The Hall–Kier alpha value is -1.14. The summed E-state index contributed by atoms with van der Waals surface area (Å²) in [6.45, 7) is 3.60. The molecule has 0 bridgehead atoms. The van der Waals surface area contributed by atoms with Gasteiger partial charge in [-0.15, -0.1) is 12.4 Å². The molecule has 1 aromatic carbocycles. The number of thiophene rings is 1. The predicted molar refractivity (Wildman–Crippen MR) is 85.9 cm³/mol. The summed E-state index contributed by atoms with van der Waals surface area (Å²) in [5.41, 5.74) is 1.75. The standard InChI is InChI=1S/C15H17FN2OS.ClH/c16-12-1-2-14(19)13(9-12)15(11-3-8-20-10-11)18-6-4-17-5-7-18;/h1-3,8-10,15,17,19H,4-7H2;1H/t15-;/m0./s1. The molecule has 1 atom stereocenters. The van der Waals surface area contributed by atoms with Gasteiger partial charge in [-0.3, -0.25) is 4.90 Å². The normalized spacial score (nSPS) is 17.2. The number of benzene rings is 1. The minimum Gasteiger partial charge on any atom is -0.508 e. The van der Waals surface area contributed by atoms with Crippen molar-refractivity contribution in [3.05, 3.63) is 52.0 Å².